The second kappa shape index (κ2) is 7.99. The average Bonchev–Trinajstić information content (AvgIpc) is 2.68. The summed E-state index contributed by atoms with van der Waals surface area (Å²) in [6.45, 7) is 3.16. The number of esters is 1. The molecule has 0 aliphatic carbocycles. The zero-order valence-corrected chi connectivity index (χ0v) is 15.2. The third-order valence-electron chi connectivity index (χ3n) is 4.27. The predicted octanol–water partition coefficient (Wildman–Crippen LogP) is 2.48. The molecule has 3 rings (SSSR count). The Morgan fingerprint density at radius 2 is 1.71 bits per heavy atom. The van der Waals surface area contributed by atoms with Gasteiger partial charge in [-0.15, -0.1) is 0 Å². The molecule has 0 bridgehead atoms. The minimum absolute atomic E-state index is 0.0820. The number of fused-ring (bicyclic) bond motifs is 1. The largest absolute Gasteiger partial charge is 0.448 e. The summed E-state index contributed by atoms with van der Waals surface area (Å²) in [6, 6.07) is 11.8. The highest BCUT2D eigenvalue weighted by molar-refractivity contribution is 6.02. The van der Waals surface area contributed by atoms with Crippen LogP contribution in [0.5, 0.6) is 0 Å². The SMILES string of the molecule is C[C@@H](OC(=O)c1n[nH]c(=O)c2ccccc12)C(=O)N[C@H](C)c1ccc(F)cc1. The number of halogens is 1. The molecule has 144 valence electrons. The molecule has 0 fully saturated rings. The van der Waals surface area contributed by atoms with Crippen LogP contribution in [-0.2, 0) is 9.53 Å². The molecule has 3 aromatic rings. The number of carbonyl (C=O) groups excluding carboxylic acids is 2. The molecule has 0 aliphatic heterocycles. The fourth-order valence-corrected chi connectivity index (χ4v) is 2.71. The van der Waals surface area contributed by atoms with Gasteiger partial charge in [-0.2, -0.15) is 5.10 Å². The van der Waals surface area contributed by atoms with Crippen molar-refractivity contribution >= 4 is 22.6 Å². The number of aromatic nitrogens is 2. The summed E-state index contributed by atoms with van der Waals surface area (Å²) in [4.78, 5) is 36.6. The lowest BCUT2D eigenvalue weighted by molar-refractivity contribution is -0.129. The van der Waals surface area contributed by atoms with Gasteiger partial charge in [-0.25, -0.2) is 14.3 Å². The van der Waals surface area contributed by atoms with Crippen LogP contribution in [0.15, 0.2) is 53.3 Å². The number of nitrogens with one attached hydrogen (secondary N) is 2. The summed E-state index contributed by atoms with van der Waals surface area (Å²) in [5.74, 6) is -1.71. The van der Waals surface area contributed by atoms with E-state index < -0.39 is 29.6 Å². The zero-order chi connectivity index (χ0) is 20.3. The van der Waals surface area contributed by atoms with Gasteiger partial charge in [0, 0.05) is 5.39 Å². The zero-order valence-electron chi connectivity index (χ0n) is 15.2. The molecule has 2 atom stereocenters. The molecule has 1 heterocycles. The Hall–Kier alpha value is -3.55. The summed E-state index contributed by atoms with van der Waals surface area (Å²) < 4.78 is 18.2. The van der Waals surface area contributed by atoms with Crippen LogP contribution in [0.3, 0.4) is 0 Å². The summed E-state index contributed by atoms with van der Waals surface area (Å²) in [6.07, 6.45) is -1.09. The number of aromatic amines is 1. The molecule has 2 N–H and O–H groups in total. The molecular weight excluding hydrogens is 365 g/mol. The smallest absolute Gasteiger partial charge is 0.360 e. The van der Waals surface area contributed by atoms with Crippen LogP contribution in [-0.4, -0.2) is 28.2 Å². The van der Waals surface area contributed by atoms with Gasteiger partial charge >= 0.3 is 5.97 Å². The van der Waals surface area contributed by atoms with E-state index in [1.165, 1.54) is 19.1 Å². The lowest BCUT2D eigenvalue weighted by Gasteiger charge is -2.18. The van der Waals surface area contributed by atoms with Gasteiger partial charge in [-0.05, 0) is 37.6 Å². The maximum Gasteiger partial charge on any atom is 0.360 e. The molecule has 1 amide bonds. The number of hydrogen-bond donors (Lipinski definition) is 2. The Morgan fingerprint density at radius 1 is 1.07 bits per heavy atom. The van der Waals surface area contributed by atoms with Gasteiger partial charge in [-0.1, -0.05) is 30.3 Å². The van der Waals surface area contributed by atoms with Crippen LogP contribution >= 0.6 is 0 Å². The first-order chi connectivity index (χ1) is 13.4. The van der Waals surface area contributed by atoms with Gasteiger partial charge in [0.1, 0.15) is 5.82 Å². The van der Waals surface area contributed by atoms with Gasteiger partial charge in [0.05, 0.1) is 11.4 Å². The van der Waals surface area contributed by atoms with E-state index in [1.807, 2.05) is 0 Å². The van der Waals surface area contributed by atoms with Gasteiger partial charge in [-0.3, -0.25) is 9.59 Å². The van der Waals surface area contributed by atoms with Gasteiger partial charge in [0.25, 0.3) is 11.5 Å². The number of H-pyrrole nitrogens is 1. The quantitative estimate of drug-likeness (QED) is 0.659. The maximum absolute atomic E-state index is 13.0. The van der Waals surface area contributed by atoms with Crippen LogP contribution in [0.2, 0.25) is 0 Å². The fourth-order valence-electron chi connectivity index (χ4n) is 2.71. The first-order valence-electron chi connectivity index (χ1n) is 8.61. The molecule has 2 aromatic carbocycles. The Labute approximate surface area is 159 Å². The highest BCUT2D eigenvalue weighted by atomic mass is 19.1. The molecular formula is C20H18FN3O4. The third kappa shape index (κ3) is 4.06. The van der Waals surface area contributed by atoms with Crippen molar-refractivity contribution in [3.8, 4) is 0 Å². The van der Waals surface area contributed by atoms with Crippen molar-refractivity contribution < 1.29 is 18.7 Å². The van der Waals surface area contributed by atoms with Crippen molar-refractivity contribution in [2.45, 2.75) is 26.0 Å². The van der Waals surface area contributed by atoms with E-state index in [-0.39, 0.29) is 11.5 Å². The van der Waals surface area contributed by atoms with Crippen LogP contribution in [0.4, 0.5) is 4.39 Å². The second-order valence-corrected chi connectivity index (χ2v) is 6.28. The molecule has 1 aromatic heterocycles. The Bertz CT molecular complexity index is 1080. The average molecular weight is 383 g/mol. The highest BCUT2D eigenvalue weighted by Gasteiger charge is 2.23. The monoisotopic (exact) mass is 383 g/mol. The molecule has 0 radical (unpaired) electrons. The predicted molar refractivity (Wildman–Crippen MR) is 100 cm³/mol. The minimum Gasteiger partial charge on any atom is -0.448 e. The number of ether oxygens (including phenoxy) is 1. The van der Waals surface area contributed by atoms with E-state index in [2.05, 4.69) is 15.5 Å². The van der Waals surface area contributed by atoms with E-state index >= 15 is 0 Å². The molecule has 0 unspecified atom stereocenters. The van der Waals surface area contributed by atoms with Crippen molar-refractivity contribution in [2.24, 2.45) is 0 Å². The normalized spacial score (nSPS) is 13.0. The Morgan fingerprint density at radius 3 is 2.39 bits per heavy atom. The first-order valence-corrected chi connectivity index (χ1v) is 8.61. The highest BCUT2D eigenvalue weighted by Crippen LogP contribution is 2.15. The van der Waals surface area contributed by atoms with Crippen LogP contribution in [0, 0.1) is 5.82 Å². The number of carbonyl (C=O) groups is 2. The van der Waals surface area contributed by atoms with Crippen molar-refractivity contribution in [2.75, 3.05) is 0 Å². The summed E-state index contributed by atoms with van der Waals surface area (Å²) in [5.41, 5.74) is 0.203. The van der Waals surface area contributed by atoms with E-state index in [4.69, 9.17) is 4.74 Å². The van der Waals surface area contributed by atoms with Crippen molar-refractivity contribution in [1.29, 1.82) is 0 Å². The number of benzene rings is 2. The standard InChI is InChI=1S/C20H18FN3O4/c1-11(13-7-9-14(21)10-8-13)22-18(25)12(2)28-20(27)17-15-5-3-4-6-16(15)19(26)24-23-17/h3-12H,1-2H3,(H,22,25)(H,24,26)/t11-,12-/m1/s1. The van der Waals surface area contributed by atoms with Crippen molar-refractivity contribution in [3.05, 3.63) is 76.0 Å². The summed E-state index contributed by atoms with van der Waals surface area (Å²) >= 11 is 0. The number of amides is 1. The molecule has 0 spiro atoms. The molecule has 0 aliphatic rings. The van der Waals surface area contributed by atoms with E-state index in [9.17, 15) is 18.8 Å². The van der Waals surface area contributed by atoms with Gasteiger partial charge in [0.2, 0.25) is 0 Å². The Kier molecular flexibility index (Phi) is 5.49. The van der Waals surface area contributed by atoms with Gasteiger partial charge < -0.3 is 10.1 Å². The topological polar surface area (TPSA) is 101 Å². The number of nitrogens with zero attached hydrogens (tertiary/aromatic N) is 1. The van der Waals surface area contributed by atoms with Crippen LogP contribution < -0.4 is 10.9 Å². The van der Waals surface area contributed by atoms with Crippen molar-refractivity contribution in [1.82, 2.24) is 15.5 Å². The third-order valence-corrected chi connectivity index (χ3v) is 4.27. The number of hydrogen-bond acceptors (Lipinski definition) is 5. The minimum atomic E-state index is -1.09. The lowest BCUT2D eigenvalue weighted by Crippen LogP contribution is -2.37. The van der Waals surface area contributed by atoms with Crippen molar-refractivity contribution in [3.63, 3.8) is 0 Å². The maximum atomic E-state index is 13.0. The molecule has 8 heteroatoms. The van der Waals surface area contributed by atoms with Crippen LogP contribution in [0.25, 0.3) is 10.8 Å². The first kappa shape index (κ1) is 19.2. The van der Waals surface area contributed by atoms with E-state index in [0.29, 0.717) is 16.3 Å². The van der Waals surface area contributed by atoms with E-state index in [1.54, 1.807) is 43.3 Å². The van der Waals surface area contributed by atoms with Crippen LogP contribution in [0.1, 0.15) is 35.9 Å². The molecule has 28 heavy (non-hydrogen) atoms. The van der Waals surface area contributed by atoms with Gasteiger partial charge in [0.15, 0.2) is 11.8 Å². The molecule has 7 nitrogen and oxygen atoms in total. The number of rotatable bonds is 5. The van der Waals surface area contributed by atoms with E-state index in [0.717, 1.165) is 0 Å². The fraction of sp³-hybridized carbons (Fsp3) is 0.200. The second-order valence-electron chi connectivity index (χ2n) is 6.28. The molecule has 0 saturated carbocycles. The summed E-state index contributed by atoms with van der Waals surface area (Å²) in [5, 5.41) is 9.34. The summed E-state index contributed by atoms with van der Waals surface area (Å²) in [7, 11) is 0. The molecule has 0 saturated heterocycles. The Balaban J connectivity index is 1.70. The lowest BCUT2D eigenvalue weighted by atomic mass is 10.1.